The minimum absolute atomic E-state index is 0.275. The van der Waals surface area contributed by atoms with Crippen molar-refractivity contribution in [2.24, 2.45) is 0 Å². The lowest BCUT2D eigenvalue weighted by Crippen LogP contribution is -2.39. The molecule has 0 N–H and O–H groups in total. The van der Waals surface area contributed by atoms with Crippen LogP contribution in [-0.4, -0.2) is 38.1 Å². The summed E-state index contributed by atoms with van der Waals surface area (Å²) in [5.41, 5.74) is 4.69. The summed E-state index contributed by atoms with van der Waals surface area (Å²) in [4.78, 5) is 14.2. The third kappa shape index (κ3) is 2.81. The minimum Gasteiger partial charge on any atom is -0.444 e. The number of ether oxygens (including phenoxy) is 1. The Hall–Kier alpha value is -2.31. The van der Waals surface area contributed by atoms with Crippen molar-refractivity contribution in [1.82, 2.24) is 19.8 Å². The summed E-state index contributed by atoms with van der Waals surface area (Å²) in [6, 6.07) is 0. The van der Waals surface area contributed by atoms with E-state index in [4.69, 9.17) is 14.4 Å². The van der Waals surface area contributed by atoms with E-state index in [0.717, 1.165) is 59.8 Å². The van der Waals surface area contributed by atoms with Crippen LogP contribution in [0.3, 0.4) is 0 Å². The number of amides is 1. The normalized spacial score (nSPS) is 16.7. The van der Waals surface area contributed by atoms with Crippen LogP contribution in [0.4, 0.5) is 4.79 Å². The topological polar surface area (TPSA) is 73.4 Å². The van der Waals surface area contributed by atoms with E-state index in [1.807, 2.05) is 32.4 Å². The second-order valence-electron chi connectivity index (χ2n) is 7.82. The van der Waals surface area contributed by atoms with Crippen LogP contribution in [-0.2, 0) is 30.7 Å². The van der Waals surface area contributed by atoms with Crippen LogP contribution in [0, 0.1) is 6.92 Å². The standard InChI is InChI=1S/C18H24N4O3/c1-11-12-6-5-8-22-16(15(12)20-25-11)13-10-21(9-7-14(13)19-22)17(23)24-18(2,3)4/h5-10H2,1-4H3. The fourth-order valence-electron chi connectivity index (χ4n) is 3.61. The molecule has 2 aromatic rings. The lowest BCUT2D eigenvalue weighted by molar-refractivity contribution is 0.0224. The van der Waals surface area contributed by atoms with E-state index in [9.17, 15) is 4.79 Å². The van der Waals surface area contributed by atoms with E-state index in [-0.39, 0.29) is 6.09 Å². The molecule has 2 aromatic heterocycles. The van der Waals surface area contributed by atoms with Crippen molar-refractivity contribution in [3.8, 4) is 11.4 Å². The molecule has 25 heavy (non-hydrogen) atoms. The fraction of sp³-hybridized carbons (Fsp3) is 0.611. The van der Waals surface area contributed by atoms with E-state index in [1.165, 1.54) is 0 Å². The summed E-state index contributed by atoms with van der Waals surface area (Å²) >= 11 is 0. The Balaban J connectivity index is 1.70. The molecule has 0 saturated heterocycles. The molecule has 0 unspecified atom stereocenters. The number of fused-ring (bicyclic) bond motifs is 5. The van der Waals surface area contributed by atoms with Crippen molar-refractivity contribution < 1.29 is 14.1 Å². The predicted molar refractivity (Wildman–Crippen MR) is 91.1 cm³/mol. The Morgan fingerprint density at radius 2 is 2.00 bits per heavy atom. The molecule has 7 heteroatoms. The number of nitrogens with zero attached hydrogens (tertiary/aromatic N) is 4. The van der Waals surface area contributed by atoms with Gasteiger partial charge in [-0.15, -0.1) is 0 Å². The molecular weight excluding hydrogens is 320 g/mol. The van der Waals surface area contributed by atoms with Gasteiger partial charge in [0.15, 0.2) is 0 Å². The summed E-state index contributed by atoms with van der Waals surface area (Å²) in [5.74, 6) is 0.873. The van der Waals surface area contributed by atoms with Gasteiger partial charge in [-0.2, -0.15) is 5.10 Å². The summed E-state index contributed by atoms with van der Waals surface area (Å²) in [5, 5.41) is 9.08. The van der Waals surface area contributed by atoms with E-state index in [1.54, 1.807) is 4.90 Å². The highest BCUT2D eigenvalue weighted by molar-refractivity contribution is 5.71. The highest BCUT2D eigenvalue weighted by atomic mass is 16.6. The van der Waals surface area contributed by atoms with Gasteiger partial charge in [0, 0.05) is 30.6 Å². The predicted octanol–water partition coefficient (Wildman–Crippen LogP) is 3.09. The molecule has 0 aromatic carbocycles. The first-order valence-electron chi connectivity index (χ1n) is 8.85. The molecule has 1 amide bonds. The molecule has 0 aliphatic carbocycles. The molecule has 4 rings (SSSR count). The summed E-state index contributed by atoms with van der Waals surface area (Å²) in [6.07, 6.45) is 2.42. The lowest BCUT2D eigenvalue weighted by Gasteiger charge is -2.29. The Bertz CT molecular complexity index is 828. The Morgan fingerprint density at radius 1 is 1.20 bits per heavy atom. The molecular formula is C18H24N4O3. The van der Waals surface area contributed by atoms with Crippen LogP contribution in [0.5, 0.6) is 0 Å². The summed E-state index contributed by atoms with van der Waals surface area (Å²) < 4.78 is 13.0. The largest absolute Gasteiger partial charge is 0.444 e. The lowest BCUT2D eigenvalue weighted by atomic mass is 10.0. The Morgan fingerprint density at radius 3 is 2.76 bits per heavy atom. The van der Waals surface area contributed by atoms with Crippen LogP contribution in [0.15, 0.2) is 4.52 Å². The van der Waals surface area contributed by atoms with Crippen molar-refractivity contribution >= 4 is 6.09 Å². The maximum Gasteiger partial charge on any atom is 0.410 e. The summed E-state index contributed by atoms with van der Waals surface area (Å²) in [7, 11) is 0. The van der Waals surface area contributed by atoms with Crippen molar-refractivity contribution in [3.05, 3.63) is 22.6 Å². The van der Waals surface area contributed by atoms with Crippen molar-refractivity contribution in [3.63, 3.8) is 0 Å². The van der Waals surface area contributed by atoms with Crippen LogP contribution < -0.4 is 0 Å². The number of aryl methyl sites for hydroxylation is 2. The average molecular weight is 344 g/mol. The first-order chi connectivity index (χ1) is 11.8. The number of hydrogen-bond donors (Lipinski definition) is 0. The second-order valence-corrected chi connectivity index (χ2v) is 7.82. The molecule has 134 valence electrons. The number of carbonyl (C=O) groups excluding carboxylic acids is 1. The maximum absolute atomic E-state index is 12.5. The van der Waals surface area contributed by atoms with Gasteiger partial charge >= 0.3 is 6.09 Å². The highest BCUT2D eigenvalue weighted by Gasteiger charge is 2.33. The van der Waals surface area contributed by atoms with Gasteiger partial charge in [0.25, 0.3) is 0 Å². The van der Waals surface area contributed by atoms with Gasteiger partial charge in [0.2, 0.25) is 0 Å². The van der Waals surface area contributed by atoms with Crippen molar-refractivity contribution in [2.45, 2.75) is 65.6 Å². The molecule has 2 aliphatic rings. The highest BCUT2D eigenvalue weighted by Crippen LogP contribution is 2.36. The molecule has 0 saturated carbocycles. The van der Waals surface area contributed by atoms with Gasteiger partial charge in [0.1, 0.15) is 17.1 Å². The number of rotatable bonds is 0. The van der Waals surface area contributed by atoms with Gasteiger partial charge in [-0.25, -0.2) is 4.79 Å². The van der Waals surface area contributed by atoms with Crippen LogP contribution >= 0.6 is 0 Å². The quantitative estimate of drug-likeness (QED) is 0.734. The first kappa shape index (κ1) is 16.2. The smallest absolute Gasteiger partial charge is 0.410 e. The van der Waals surface area contributed by atoms with Gasteiger partial charge in [-0.05, 0) is 40.5 Å². The minimum atomic E-state index is -0.496. The maximum atomic E-state index is 12.5. The van der Waals surface area contributed by atoms with Crippen molar-refractivity contribution in [2.75, 3.05) is 6.54 Å². The fourth-order valence-corrected chi connectivity index (χ4v) is 3.61. The molecule has 0 fully saturated rings. The second kappa shape index (κ2) is 5.61. The zero-order valence-corrected chi connectivity index (χ0v) is 15.3. The van der Waals surface area contributed by atoms with Gasteiger partial charge in [-0.1, -0.05) is 5.16 Å². The summed E-state index contributed by atoms with van der Waals surface area (Å²) in [6.45, 7) is 9.61. The third-order valence-corrected chi connectivity index (χ3v) is 4.76. The Kier molecular flexibility index (Phi) is 3.63. The number of carbonyl (C=O) groups is 1. The Labute approximate surface area is 146 Å². The van der Waals surface area contributed by atoms with Crippen molar-refractivity contribution in [1.29, 1.82) is 0 Å². The molecule has 0 bridgehead atoms. The van der Waals surface area contributed by atoms with Gasteiger partial charge in [-0.3, -0.25) is 4.68 Å². The van der Waals surface area contributed by atoms with Gasteiger partial charge < -0.3 is 14.2 Å². The number of aromatic nitrogens is 3. The molecule has 2 aliphatic heterocycles. The van der Waals surface area contributed by atoms with E-state index in [0.29, 0.717) is 13.1 Å². The molecule has 0 atom stereocenters. The van der Waals surface area contributed by atoms with E-state index >= 15 is 0 Å². The zero-order valence-electron chi connectivity index (χ0n) is 15.3. The zero-order chi connectivity index (χ0) is 17.8. The average Bonchev–Trinajstić information content (AvgIpc) is 3.00. The van der Waals surface area contributed by atoms with Crippen LogP contribution in [0.1, 0.15) is 49.8 Å². The van der Waals surface area contributed by atoms with Crippen LogP contribution in [0.2, 0.25) is 0 Å². The van der Waals surface area contributed by atoms with Crippen LogP contribution in [0.25, 0.3) is 11.4 Å². The SMILES string of the molecule is Cc1onc2c1CCCn1nc3c(c1-2)CN(C(=O)OC(C)(C)C)CC3. The number of hydrogen-bond acceptors (Lipinski definition) is 5. The monoisotopic (exact) mass is 344 g/mol. The molecule has 7 nitrogen and oxygen atoms in total. The molecule has 0 spiro atoms. The molecule has 0 radical (unpaired) electrons. The molecule has 4 heterocycles. The van der Waals surface area contributed by atoms with Gasteiger partial charge in [0.05, 0.1) is 17.9 Å². The third-order valence-electron chi connectivity index (χ3n) is 4.76. The van der Waals surface area contributed by atoms with E-state index < -0.39 is 5.60 Å². The van der Waals surface area contributed by atoms with E-state index in [2.05, 4.69) is 5.16 Å². The first-order valence-corrected chi connectivity index (χ1v) is 8.85.